The van der Waals surface area contributed by atoms with E-state index in [-0.39, 0.29) is 6.04 Å². The molecule has 2 aromatic rings. The van der Waals surface area contributed by atoms with Crippen LogP contribution in [0.3, 0.4) is 0 Å². The average molecular weight is 229 g/mol. The van der Waals surface area contributed by atoms with Crippen molar-refractivity contribution < 1.29 is 0 Å². The topological polar surface area (TPSA) is 43.8 Å². The van der Waals surface area contributed by atoms with Crippen molar-refractivity contribution in [3.8, 4) is 0 Å². The van der Waals surface area contributed by atoms with Crippen LogP contribution in [0.25, 0.3) is 11.0 Å². The van der Waals surface area contributed by atoms with E-state index < -0.39 is 0 Å². The summed E-state index contributed by atoms with van der Waals surface area (Å²) in [6.07, 6.45) is 2.67. The number of rotatable bonds is 3. The van der Waals surface area contributed by atoms with Crippen LogP contribution >= 0.6 is 0 Å². The van der Waals surface area contributed by atoms with Crippen molar-refractivity contribution in [2.24, 2.45) is 5.73 Å². The molecule has 0 spiro atoms. The summed E-state index contributed by atoms with van der Waals surface area (Å²) in [4.78, 5) is 4.69. The number of nitrogens with two attached hydrogens (primary N) is 1. The smallest absolute Gasteiger partial charge is 0.126 e. The monoisotopic (exact) mass is 229 g/mol. The maximum Gasteiger partial charge on any atom is 0.126 e. The maximum atomic E-state index is 5.98. The number of aromatic nitrogens is 2. The minimum Gasteiger partial charge on any atom is -0.327 e. The molecule has 1 saturated carbocycles. The van der Waals surface area contributed by atoms with E-state index in [0.717, 1.165) is 23.8 Å². The van der Waals surface area contributed by atoms with Gasteiger partial charge >= 0.3 is 0 Å². The van der Waals surface area contributed by atoms with E-state index in [1.54, 1.807) is 0 Å². The molecule has 90 valence electrons. The maximum absolute atomic E-state index is 5.98. The van der Waals surface area contributed by atoms with Gasteiger partial charge in [-0.25, -0.2) is 4.98 Å². The Hall–Kier alpha value is -1.35. The molecule has 1 aromatic heterocycles. The van der Waals surface area contributed by atoms with Crippen molar-refractivity contribution in [2.75, 3.05) is 0 Å². The molecule has 1 aromatic carbocycles. The molecule has 1 heterocycles. The minimum atomic E-state index is -0.00766. The summed E-state index contributed by atoms with van der Waals surface area (Å²) in [6, 6.07) is 6.68. The first-order valence-corrected chi connectivity index (χ1v) is 6.46. The summed E-state index contributed by atoms with van der Waals surface area (Å²) in [5.41, 5.74) is 9.73. The molecule has 2 N–H and O–H groups in total. The van der Waals surface area contributed by atoms with Crippen molar-refractivity contribution in [2.45, 2.75) is 45.2 Å². The van der Waals surface area contributed by atoms with Crippen LogP contribution in [0.1, 0.15) is 50.0 Å². The largest absolute Gasteiger partial charge is 0.327 e. The van der Waals surface area contributed by atoms with Gasteiger partial charge in [0.1, 0.15) is 5.82 Å². The number of benzene rings is 1. The van der Waals surface area contributed by atoms with E-state index in [1.807, 2.05) is 6.92 Å². The normalized spacial score (nSPS) is 17.6. The fourth-order valence-corrected chi connectivity index (χ4v) is 2.52. The summed E-state index contributed by atoms with van der Waals surface area (Å²) >= 11 is 0. The van der Waals surface area contributed by atoms with E-state index in [1.165, 1.54) is 23.9 Å². The summed E-state index contributed by atoms with van der Waals surface area (Å²) in [6.45, 7) is 5.06. The molecule has 0 amide bonds. The molecule has 0 aliphatic heterocycles. The summed E-state index contributed by atoms with van der Waals surface area (Å²) in [5.74, 6) is 1.78. The third kappa shape index (κ3) is 1.75. The lowest BCUT2D eigenvalue weighted by atomic mass is 10.1. The van der Waals surface area contributed by atoms with Crippen LogP contribution in [0, 0.1) is 0 Å². The summed E-state index contributed by atoms with van der Waals surface area (Å²) in [5, 5.41) is 0. The number of hydrogen-bond acceptors (Lipinski definition) is 2. The van der Waals surface area contributed by atoms with Gasteiger partial charge in [0.2, 0.25) is 0 Å². The Morgan fingerprint density at radius 3 is 2.82 bits per heavy atom. The SMILES string of the molecule is CCn1c([C@@H](C)N)nc2cc(C3CC3)ccc21. The highest BCUT2D eigenvalue weighted by Crippen LogP contribution is 2.40. The van der Waals surface area contributed by atoms with Gasteiger partial charge in [0, 0.05) is 6.54 Å². The zero-order valence-electron chi connectivity index (χ0n) is 10.5. The van der Waals surface area contributed by atoms with Crippen molar-refractivity contribution in [1.29, 1.82) is 0 Å². The molecule has 0 bridgehead atoms. The van der Waals surface area contributed by atoms with Crippen LogP contribution in [0.4, 0.5) is 0 Å². The molecule has 3 rings (SSSR count). The van der Waals surface area contributed by atoms with Crippen LogP contribution in [-0.2, 0) is 6.54 Å². The van der Waals surface area contributed by atoms with Crippen LogP contribution in [-0.4, -0.2) is 9.55 Å². The number of aryl methyl sites for hydroxylation is 1. The second-order valence-corrected chi connectivity index (χ2v) is 5.03. The molecule has 1 aliphatic carbocycles. The number of fused-ring (bicyclic) bond motifs is 1. The lowest BCUT2D eigenvalue weighted by Gasteiger charge is -2.08. The quantitative estimate of drug-likeness (QED) is 0.879. The van der Waals surface area contributed by atoms with E-state index in [2.05, 4.69) is 29.7 Å². The summed E-state index contributed by atoms with van der Waals surface area (Å²) in [7, 11) is 0. The van der Waals surface area contributed by atoms with E-state index in [9.17, 15) is 0 Å². The molecule has 0 unspecified atom stereocenters. The van der Waals surface area contributed by atoms with Gasteiger partial charge in [0.15, 0.2) is 0 Å². The minimum absolute atomic E-state index is 0.00766. The summed E-state index contributed by atoms with van der Waals surface area (Å²) < 4.78 is 2.22. The predicted octanol–water partition coefficient (Wildman–Crippen LogP) is 2.95. The number of nitrogens with zero attached hydrogens (tertiary/aromatic N) is 2. The highest BCUT2D eigenvalue weighted by Gasteiger charge is 2.24. The first-order chi connectivity index (χ1) is 8.20. The third-order valence-electron chi connectivity index (χ3n) is 3.57. The van der Waals surface area contributed by atoms with E-state index in [0.29, 0.717) is 0 Å². The standard InChI is InChI=1S/C14H19N3/c1-3-17-13-7-6-11(10-4-5-10)8-12(13)16-14(17)9(2)15/h6-10H,3-5,15H2,1-2H3/t9-/m1/s1. The lowest BCUT2D eigenvalue weighted by Crippen LogP contribution is -2.12. The number of hydrogen-bond donors (Lipinski definition) is 1. The lowest BCUT2D eigenvalue weighted by molar-refractivity contribution is 0.650. The van der Waals surface area contributed by atoms with Gasteiger partial charge in [-0.1, -0.05) is 6.07 Å². The highest BCUT2D eigenvalue weighted by molar-refractivity contribution is 5.77. The van der Waals surface area contributed by atoms with Crippen LogP contribution in [0.2, 0.25) is 0 Å². The Bertz CT molecular complexity index is 550. The first kappa shape index (κ1) is 10.8. The highest BCUT2D eigenvalue weighted by atomic mass is 15.1. The molecule has 0 saturated heterocycles. The third-order valence-corrected chi connectivity index (χ3v) is 3.57. The Balaban J connectivity index is 2.17. The van der Waals surface area contributed by atoms with E-state index in [4.69, 9.17) is 10.7 Å². The zero-order chi connectivity index (χ0) is 12.0. The van der Waals surface area contributed by atoms with Crippen LogP contribution in [0.15, 0.2) is 18.2 Å². The van der Waals surface area contributed by atoms with Gasteiger partial charge in [-0.2, -0.15) is 0 Å². The average Bonchev–Trinajstić information content (AvgIpc) is 3.09. The van der Waals surface area contributed by atoms with Crippen molar-refractivity contribution in [3.63, 3.8) is 0 Å². The van der Waals surface area contributed by atoms with Gasteiger partial charge in [0.05, 0.1) is 17.1 Å². The Morgan fingerprint density at radius 2 is 2.24 bits per heavy atom. The van der Waals surface area contributed by atoms with Gasteiger partial charge in [-0.15, -0.1) is 0 Å². The molecule has 1 aliphatic rings. The Morgan fingerprint density at radius 1 is 1.47 bits per heavy atom. The molecule has 3 heteroatoms. The number of imidazole rings is 1. The molecular weight excluding hydrogens is 210 g/mol. The Labute approximate surface area is 102 Å². The van der Waals surface area contributed by atoms with Crippen molar-refractivity contribution >= 4 is 11.0 Å². The second-order valence-electron chi connectivity index (χ2n) is 5.03. The van der Waals surface area contributed by atoms with Gasteiger partial charge in [-0.3, -0.25) is 0 Å². The molecule has 1 fully saturated rings. The van der Waals surface area contributed by atoms with Crippen molar-refractivity contribution in [1.82, 2.24) is 9.55 Å². The van der Waals surface area contributed by atoms with Gasteiger partial charge in [0.25, 0.3) is 0 Å². The van der Waals surface area contributed by atoms with Gasteiger partial charge < -0.3 is 10.3 Å². The first-order valence-electron chi connectivity index (χ1n) is 6.46. The predicted molar refractivity (Wildman–Crippen MR) is 70.0 cm³/mol. The molecule has 0 radical (unpaired) electrons. The zero-order valence-corrected chi connectivity index (χ0v) is 10.5. The fourth-order valence-electron chi connectivity index (χ4n) is 2.52. The van der Waals surface area contributed by atoms with Crippen LogP contribution in [0.5, 0.6) is 0 Å². The Kier molecular flexibility index (Phi) is 2.44. The fraction of sp³-hybridized carbons (Fsp3) is 0.500. The second kappa shape index (κ2) is 3.84. The molecule has 17 heavy (non-hydrogen) atoms. The molecule has 1 atom stereocenters. The molecule has 3 nitrogen and oxygen atoms in total. The molecular formula is C14H19N3. The van der Waals surface area contributed by atoms with Crippen molar-refractivity contribution in [3.05, 3.63) is 29.6 Å². The van der Waals surface area contributed by atoms with Gasteiger partial charge in [-0.05, 0) is 50.3 Å². The van der Waals surface area contributed by atoms with Crippen LogP contribution < -0.4 is 5.73 Å². The van der Waals surface area contributed by atoms with E-state index >= 15 is 0 Å².